The molecule has 104 valence electrons. The van der Waals surface area contributed by atoms with Crippen LogP contribution in [0.2, 0.25) is 0 Å². The van der Waals surface area contributed by atoms with Crippen LogP contribution in [0, 0.1) is 11.3 Å². The van der Waals surface area contributed by atoms with E-state index < -0.39 is 34.7 Å². The Kier molecular flexibility index (Phi) is 1.82. The second-order valence-electron chi connectivity index (χ2n) is 6.46. The van der Waals surface area contributed by atoms with E-state index in [4.69, 9.17) is 14.2 Å². The molecule has 4 fully saturated rings. The van der Waals surface area contributed by atoms with Gasteiger partial charge in [0.1, 0.15) is 17.8 Å². The lowest BCUT2D eigenvalue weighted by molar-refractivity contribution is -0.220. The smallest absolute Gasteiger partial charge is 0.312 e. The van der Waals surface area contributed by atoms with Crippen molar-refractivity contribution in [2.24, 2.45) is 11.3 Å². The topological polar surface area (TPSA) is 85.4 Å². The zero-order valence-corrected chi connectivity index (χ0v) is 10.8. The fourth-order valence-electron chi connectivity index (χ4n) is 4.75. The Morgan fingerprint density at radius 2 is 2.21 bits per heavy atom. The molecule has 0 amide bonds. The summed E-state index contributed by atoms with van der Waals surface area (Å²) in [7, 11) is 0. The van der Waals surface area contributed by atoms with Crippen molar-refractivity contribution >= 4 is 12.4 Å². The Labute approximate surface area is 110 Å². The van der Waals surface area contributed by atoms with Crippen LogP contribution in [-0.2, 0) is 23.8 Å². The van der Waals surface area contributed by atoms with Gasteiger partial charge in [-0.3, -0.25) is 9.59 Å². The van der Waals surface area contributed by atoms with E-state index in [9.17, 15) is 14.7 Å². The van der Waals surface area contributed by atoms with Crippen LogP contribution >= 0.6 is 0 Å². The molecule has 0 spiro atoms. The number of hydrogen-bond acceptors (Lipinski definition) is 6. The fraction of sp³-hybridized carbons (Fsp3) is 0.846. The van der Waals surface area contributed by atoms with Crippen LogP contribution in [0.3, 0.4) is 0 Å². The SMILES string of the molecule is C[C@@]12[C@H](OC=O)C3CC(C(=O)O3)[C@]1(O)C[C@H]1O[C@]12C. The molecule has 2 heterocycles. The molecule has 4 aliphatic rings. The van der Waals surface area contributed by atoms with Gasteiger partial charge in [0.2, 0.25) is 0 Å². The highest BCUT2D eigenvalue weighted by atomic mass is 16.6. The van der Waals surface area contributed by atoms with E-state index in [0.717, 1.165) is 0 Å². The normalized spacial score (nSPS) is 61.1. The van der Waals surface area contributed by atoms with E-state index in [1.807, 2.05) is 13.8 Å². The number of aliphatic hydroxyl groups is 1. The van der Waals surface area contributed by atoms with E-state index in [0.29, 0.717) is 19.3 Å². The number of epoxide rings is 1. The third-order valence-corrected chi connectivity index (χ3v) is 6.08. The van der Waals surface area contributed by atoms with Crippen molar-refractivity contribution in [2.45, 2.75) is 56.2 Å². The third-order valence-electron chi connectivity index (χ3n) is 6.08. The molecule has 2 bridgehead atoms. The molecular formula is C13H16O6. The zero-order valence-electron chi connectivity index (χ0n) is 10.8. The highest BCUT2D eigenvalue weighted by Gasteiger charge is 2.86. The average molecular weight is 268 g/mol. The summed E-state index contributed by atoms with van der Waals surface area (Å²) < 4.78 is 16.2. The van der Waals surface area contributed by atoms with Crippen LogP contribution in [0.5, 0.6) is 0 Å². The molecule has 0 aromatic carbocycles. The van der Waals surface area contributed by atoms with Gasteiger partial charge < -0.3 is 19.3 Å². The highest BCUT2D eigenvalue weighted by Crippen LogP contribution is 2.72. The van der Waals surface area contributed by atoms with Gasteiger partial charge in [-0.05, 0) is 6.92 Å². The predicted octanol–water partition coefficient (Wildman–Crippen LogP) is -0.228. The maximum Gasteiger partial charge on any atom is 0.312 e. The van der Waals surface area contributed by atoms with Gasteiger partial charge in [0, 0.05) is 12.8 Å². The Bertz CT molecular complexity index is 492. The largest absolute Gasteiger partial charge is 0.460 e. The van der Waals surface area contributed by atoms with Crippen LogP contribution in [0.4, 0.5) is 0 Å². The second-order valence-corrected chi connectivity index (χ2v) is 6.46. The van der Waals surface area contributed by atoms with Crippen LogP contribution in [0.25, 0.3) is 0 Å². The average Bonchev–Trinajstić information content (AvgIpc) is 2.78. The first-order chi connectivity index (χ1) is 8.88. The Hall–Kier alpha value is -1.14. The van der Waals surface area contributed by atoms with Crippen molar-refractivity contribution in [1.29, 1.82) is 0 Å². The summed E-state index contributed by atoms with van der Waals surface area (Å²) in [6.07, 6.45) is -0.410. The van der Waals surface area contributed by atoms with E-state index >= 15 is 0 Å². The van der Waals surface area contributed by atoms with Gasteiger partial charge in [-0.15, -0.1) is 0 Å². The maximum absolute atomic E-state index is 12.0. The minimum absolute atomic E-state index is 0.0765. The maximum atomic E-state index is 12.0. The van der Waals surface area contributed by atoms with Gasteiger partial charge in [0.15, 0.2) is 0 Å². The van der Waals surface area contributed by atoms with Crippen molar-refractivity contribution < 1.29 is 28.9 Å². The fourth-order valence-corrected chi connectivity index (χ4v) is 4.75. The molecule has 6 nitrogen and oxygen atoms in total. The van der Waals surface area contributed by atoms with Gasteiger partial charge >= 0.3 is 5.97 Å². The number of fused-ring (bicyclic) bond motifs is 6. The van der Waals surface area contributed by atoms with Gasteiger partial charge in [0.25, 0.3) is 6.47 Å². The Balaban J connectivity index is 1.89. The number of carbonyl (C=O) groups excluding carboxylic acids is 2. The molecule has 2 aliphatic heterocycles. The van der Waals surface area contributed by atoms with Crippen molar-refractivity contribution in [3.63, 3.8) is 0 Å². The summed E-state index contributed by atoms with van der Waals surface area (Å²) in [6.45, 7) is 4.11. The number of esters is 1. The molecule has 1 N–H and O–H groups in total. The lowest BCUT2D eigenvalue weighted by atomic mass is 9.56. The molecule has 2 saturated carbocycles. The monoisotopic (exact) mass is 268 g/mol. The van der Waals surface area contributed by atoms with Gasteiger partial charge in [-0.25, -0.2) is 0 Å². The molecule has 2 saturated heterocycles. The van der Waals surface area contributed by atoms with Gasteiger partial charge in [0.05, 0.1) is 23.0 Å². The van der Waals surface area contributed by atoms with Gasteiger partial charge in [-0.1, -0.05) is 6.92 Å². The minimum atomic E-state index is -1.22. The van der Waals surface area contributed by atoms with Crippen LogP contribution in [0.15, 0.2) is 0 Å². The molecule has 19 heavy (non-hydrogen) atoms. The molecule has 6 heteroatoms. The van der Waals surface area contributed by atoms with E-state index in [2.05, 4.69) is 0 Å². The first-order valence-corrected chi connectivity index (χ1v) is 6.58. The molecule has 7 atom stereocenters. The first kappa shape index (κ1) is 11.7. The summed E-state index contributed by atoms with van der Waals surface area (Å²) in [5, 5.41) is 11.1. The molecule has 0 aromatic rings. The number of hydrogen-bond donors (Lipinski definition) is 1. The minimum Gasteiger partial charge on any atom is -0.460 e. The Morgan fingerprint density at radius 3 is 2.89 bits per heavy atom. The van der Waals surface area contributed by atoms with Crippen molar-refractivity contribution in [3.8, 4) is 0 Å². The lowest BCUT2D eigenvalue weighted by Crippen LogP contribution is -2.66. The zero-order chi connectivity index (χ0) is 13.6. The Morgan fingerprint density at radius 1 is 1.47 bits per heavy atom. The van der Waals surface area contributed by atoms with Gasteiger partial charge in [-0.2, -0.15) is 0 Å². The molecule has 0 aromatic heterocycles. The van der Waals surface area contributed by atoms with E-state index in [1.165, 1.54) is 0 Å². The van der Waals surface area contributed by atoms with Crippen molar-refractivity contribution in [1.82, 2.24) is 0 Å². The lowest BCUT2D eigenvalue weighted by Gasteiger charge is -2.52. The standard InChI is InChI=1S/C13H16O6/c1-11-9(17-5-14)7-3-6(10(15)18-7)13(11,16)4-8-12(11,2)19-8/h5-9,16H,3-4H2,1-2H3/t6?,7?,8-,9-,11+,12-,13-/m1/s1. The molecule has 2 unspecified atom stereocenters. The summed E-state index contributed by atoms with van der Waals surface area (Å²) in [5.41, 5.74) is -2.59. The summed E-state index contributed by atoms with van der Waals surface area (Å²) in [4.78, 5) is 22.8. The summed E-state index contributed by atoms with van der Waals surface area (Å²) in [5.74, 6) is -0.928. The summed E-state index contributed by atoms with van der Waals surface area (Å²) >= 11 is 0. The second kappa shape index (κ2) is 2.96. The number of carbonyl (C=O) groups is 2. The number of ether oxygens (including phenoxy) is 3. The van der Waals surface area contributed by atoms with Crippen molar-refractivity contribution in [2.75, 3.05) is 0 Å². The third kappa shape index (κ3) is 0.973. The predicted molar refractivity (Wildman–Crippen MR) is 59.9 cm³/mol. The highest BCUT2D eigenvalue weighted by molar-refractivity contribution is 5.78. The van der Waals surface area contributed by atoms with Crippen LogP contribution in [0.1, 0.15) is 26.7 Å². The quantitative estimate of drug-likeness (QED) is 0.423. The number of rotatable bonds is 2. The molecule has 4 rings (SSSR count). The van der Waals surface area contributed by atoms with Crippen molar-refractivity contribution in [3.05, 3.63) is 0 Å². The van der Waals surface area contributed by atoms with E-state index in [1.54, 1.807) is 0 Å². The molecule has 2 aliphatic carbocycles. The molecular weight excluding hydrogens is 252 g/mol. The van der Waals surface area contributed by atoms with E-state index in [-0.39, 0.29) is 12.1 Å². The van der Waals surface area contributed by atoms with Crippen LogP contribution < -0.4 is 0 Å². The van der Waals surface area contributed by atoms with Crippen LogP contribution in [-0.4, -0.2) is 47.1 Å². The first-order valence-electron chi connectivity index (χ1n) is 6.58. The molecule has 0 radical (unpaired) electrons. The summed E-state index contributed by atoms with van der Waals surface area (Å²) in [6, 6.07) is 0.